The van der Waals surface area contributed by atoms with Gasteiger partial charge in [-0.05, 0) is 29.8 Å². The molecule has 0 N–H and O–H groups in total. The number of aromatic nitrogens is 2. The number of halogens is 2. The van der Waals surface area contributed by atoms with Gasteiger partial charge in [0.2, 0.25) is 5.91 Å². The van der Waals surface area contributed by atoms with Crippen molar-refractivity contribution in [1.29, 1.82) is 0 Å². The van der Waals surface area contributed by atoms with Gasteiger partial charge in [-0.2, -0.15) is 0 Å². The van der Waals surface area contributed by atoms with Crippen LogP contribution in [0.1, 0.15) is 11.4 Å². The summed E-state index contributed by atoms with van der Waals surface area (Å²) in [6, 6.07) is 13.3. The highest BCUT2D eigenvalue weighted by Crippen LogP contribution is 2.25. The van der Waals surface area contributed by atoms with E-state index in [4.69, 9.17) is 32.9 Å². The summed E-state index contributed by atoms with van der Waals surface area (Å²) in [6.07, 6.45) is 0.529. The molecule has 1 amide bonds. The highest BCUT2D eigenvalue weighted by atomic mass is 35.5. The molecule has 0 spiro atoms. The normalized spacial score (nSPS) is 14.7. The number of morpholine rings is 1. The number of hydrogen-bond donors (Lipinski definition) is 0. The lowest BCUT2D eigenvalue weighted by molar-refractivity contribution is -0.135. The first kappa shape index (κ1) is 18.3. The Morgan fingerprint density at radius 3 is 2.67 bits per heavy atom. The Balaban J connectivity index is 1.67. The van der Waals surface area contributed by atoms with Gasteiger partial charge in [-0.1, -0.05) is 41.4 Å². The summed E-state index contributed by atoms with van der Waals surface area (Å²) >= 11 is 12.4. The molecular weight excluding hydrogens is 385 g/mol. The van der Waals surface area contributed by atoms with Crippen LogP contribution in [-0.2, 0) is 22.5 Å². The summed E-state index contributed by atoms with van der Waals surface area (Å²) < 4.78 is 7.33. The maximum atomic E-state index is 12.8. The van der Waals surface area contributed by atoms with Crippen LogP contribution in [0.25, 0.3) is 11.0 Å². The number of imidazole rings is 1. The van der Waals surface area contributed by atoms with Crippen LogP contribution in [0.15, 0.2) is 42.5 Å². The van der Waals surface area contributed by atoms with E-state index in [1.807, 2.05) is 45.9 Å². The van der Waals surface area contributed by atoms with Gasteiger partial charge >= 0.3 is 0 Å². The third-order valence-corrected chi connectivity index (χ3v) is 5.34. The van der Waals surface area contributed by atoms with Crippen molar-refractivity contribution in [2.45, 2.75) is 13.0 Å². The molecule has 2 heterocycles. The second-order valence-corrected chi connectivity index (χ2v) is 7.35. The topological polar surface area (TPSA) is 47.4 Å². The average molecular weight is 404 g/mol. The lowest BCUT2D eigenvalue weighted by Gasteiger charge is -2.27. The summed E-state index contributed by atoms with van der Waals surface area (Å²) in [5.74, 6) is 0.881. The van der Waals surface area contributed by atoms with Crippen molar-refractivity contribution >= 4 is 40.1 Å². The number of rotatable bonds is 4. The second kappa shape index (κ2) is 7.89. The van der Waals surface area contributed by atoms with Crippen LogP contribution < -0.4 is 0 Å². The number of carbonyl (C=O) groups is 1. The molecule has 0 unspecified atom stereocenters. The first-order chi connectivity index (χ1) is 13.1. The van der Waals surface area contributed by atoms with Gasteiger partial charge in [0.15, 0.2) is 0 Å². The van der Waals surface area contributed by atoms with Crippen molar-refractivity contribution in [3.05, 3.63) is 63.9 Å². The Morgan fingerprint density at radius 1 is 1.11 bits per heavy atom. The molecule has 0 aliphatic carbocycles. The van der Waals surface area contributed by atoms with E-state index < -0.39 is 0 Å². The van der Waals surface area contributed by atoms with E-state index in [2.05, 4.69) is 0 Å². The first-order valence-electron chi connectivity index (χ1n) is 8.85. The van der Waals surface area contributed by atoms with Crippen molar-refractivity contribution in [2.24, 2.45) is 0 Å². The molecule has 0 bridgehead atoms. The van der Waals surface area contributed by atoms with Crippen LogP contribution in [0.5, 0.6) is 0 Å². The van der Waals surface area contributed by atoms with Crippen LogP contribution in [0.2, 0.25) is 10.0 Å². The van der Waals surface area contributed by atoms with E-state index in [0.717, 1.165) is 22.4 Å². The fraction of sp³-hybridized carbons (Fsp3) is 0.300. The molecular formula is C20H19Cl2N3O2. The number of para-hydroxylation sites is 2. The van der Waals surface area contributed by atoms with Gasteiger partial charge < -0.3 is 14.2 Å². The summed E-state index contributed by atoms with van der Waals surface area (Å²) in [4.78, 5) is 19.4. The predicted molar refractivity (Wildman–Crippen MR) is 106 cm³/mol. The molecule has 1 aromatic heterocycles. The van der Waals surface area contributed by atoms with Crippen LogP contribution in [-0.4, -0.2) is 46.7 Å². The number of hydrogen-bond acceptors (Lipinski definition) is 3. The van der Waals surface area contributed by atoms with Gasteiger partial charge in [0.05, 0.1) is 24.2 Å². The zero-order chi connectivity index (χ0) is 18.8. The minimum atomic E-state index is 0.0740. The van der Waals surface area contributed by atoms with E-state index in [9.17, 15) is 4.79 Å². The van der Waals surface area contributed by atoms with E-state index in [0.29, 0.717) is 42.8 Å². The maximum Gasteiger partial charge on any atom is 0.242 e. The number of nitrogens with zero attached hydrogens (tertiary/aromatic N) is 3. The fourth-order valence-electron chi connectivity index (χ4n) is 3.32. The Labute approximate surface area is 167 Å². The minimum Gasteiger partial charge on any atom is -0.378 e. The number of benzene rings is 2. The highest BCUT2D eigenvalue weighted by Gasteiger charge is 2.20. The molecule has 1 aliphatic heterocycles. The molecule has 1 fully saturated rings. The molecule has 1 saturated heterocycles. The Kier molecular flexibility index (Phi) is 5.34. The zero-order valence-corrected chi connectivity index (χ0v) is 16.2. The summed E-state index contributed by atoms with van der Waals surface area (Å²) in [6.45, 7) is 2.68. The lowest BCUT2D eigenvalue weighted by Crippen LogP contribution is -2.42. The van der Waals surface area contributed by atoms with E-state index >= 15 is 0 Å². The van der Waals surface area contributed by atoms with Crippen LogP contribution in [0, 0.1) is 0 Å². The van der Waals surface area contributed by atoms with Gasteiger partial charge in [-0.15, -0.1) is 0 Å². The largest absolute Gasteiger partial charge is 0.378 e. The second-order valence-electron chi connectivity index (χ2n) is 6.51. The monoisotopic (exact) mass is 403 g/mol. The fourth-order valence-corrected chi connectivity index (χ4v) is 3.80. The molecule has 4 rings (SSSR count). The molecule has 3 aromatic rings. The Morgan fingerprint density at radius 2 is 1.89 bits per heavy atom. The van der Waals surface area contributed by atoms with Gasteiger partial charge in [-0.3, -0.25) is 4.79 Å². The van der Waals surface area contributed by atoms with Gasteiger partial charge in [-0.25, -0.2) is 4.98 Å². The average Bonchev–Trinajstić information content (AvgIpc) is 3.02. The van der Waals surface area contributed by atoms with E-state index in [1.165, 1.54) is 0 Å². The van der Waals surface area contributed by atoms with Crippen LogP contribution in [0.3, 0.4) is 0 Å². The van der Waals surface area contributed by atoms with Crippen molar-refractivity contribution in [3.8, 4) is 0 Å². The molecule has 5 nitrogen and oxygen atoms in total. The molecule has 0 radical (unpaired) electrons. The number of ether oxygens (including phenoxy) is 1. The van der Waals surface area contributed by atoms with E-state index in [-0.39, 0.29) is 12.5 Å². The lowest BCUT2D eigenvalue weighted by atomic mass is 10.1. The third-order valence-electron chi connectivity index (χ3n) is 4.75. The standard InChI is InChI=1S/C20H19Cl2N3O2/c21-15-6-5-14(16(22)12-15)11-19-23-17-3-1-2-4-18(17)25(19)13-20(26)24-7-9-27-10-8-24/h1-6,12H,7-11,13H2. The Hall–Kier alpha value is -2.08. The highest BCUT2D eigenvalue weighted by molar-refractivity contribution is 6.35. The number of amides is 1. The molecule has 1 aliphatic rings. The quantitative estimate of drug-likeness (QED) is 0.665. The van der Waals surface area contributed by atoms with Gasteiger partial charge in [0, 0.05) is 29.6 Å². The SMILES string of the molecule is O=C(Cn1c(Cc2ccc(Cl)cc2Cl)nc2ccccc21)N1CCOCC1. The van der Waals surface area contributed by atoms with Crippen LogP contribution in [0.4, 0.5) is 0 Å². The molecule has 140 valence electrons. The smallest absolute Gasteiger partial charge is 0.242 e. The van der Waals surface area contributed by atoms with Gasteiger partial charge in [0.1, 0.15) is 12.4 Å². The van der Waals surface area contributed by atoms with Crippen molar-refractivity contribution in [3.63, 3.8) is 0 Å². The number of carbonyl (C=O) groups excluding carboxylic acids is 1. The maximum absolute atomic E-state index is 12.8. The first-order valence-corrected chi connectivity index (χ1v) is 9.61. The van der Waals surface area contributed by atoms with Crippen LogP contribution >= 0.6 is 23.2 Å². The molecule has 7 heteroatoms. The summed E-state index contributed by atoms with van der Waals surface area (Å²) in [5.41, 5.74) is 2.74. The summed E-state index contributed by atoms with van der Waals surface area (Å²) in [7, 11) is 0. The minimum absolute atomic E-state index is 0.0740. The van der Waals surface area contributed by atoms with Crippen molar-refractivity contribution in [1.82, 2.24) is 14.5 Å². The van der Waals surface area contributed by atoms with E-state index in [1.54, 1.807) is 6.07 Å². The van der Waals surface area contributed by atoms with Crippen molar-refractivity contribution < 1.29 is 9.53 Å². The molecule has 0 atom stereocenters. The Bertz CT molecular complexity index is 981. The predicted octanol–water partition coefficient (Wildman–Crippen LogP) is 3.79. The summed E-state index contributed by atoms with van der Waals surface area (Å²) in [5, 5.41) is 1.19. The number of fused-ring (bicyclic) bond motifs is 1. The third kappa shape index (κ3) is 3.95. The van der Waals surface area contributed by atoms with Gasteiger partial charge in [0.25, 0.3) is 0 Å². The van der Waals surface area contributed by atoms with Crippen molar-refractivity contribution in [2.75, 3.05) is 26.3 Å². The molecule has 2 aromatic carbocycles. The molecule has 27 heavy (non-hydrogen) atoms. The molecule has 0 saturated carbocycles. The zero-order valence-electron chi connectivity index (χ0n) is 14.7.